The highest BCUT2D eigenvalue weighted by atomic mass is 35.5. The van der Waals surface area contributed by atoms with Crippen LogP contribution in [0.15, 0.2) is 39.9 Å². The van der Waals surface area contributed by atoms with Gasteiger partial charge in [-0.05, 0) is 49.0 Å². The van der Waals surface area contributed by atoms with Gasteiger partial charge in [-0.1, -0.05) is 23.2 Å². The first-order valence-electron chi connectivity index (χ1n) is 7.68. The highest BCUT2D eigenvalue weighted by Crippen LogP contribution is 2.31. The molecule has 0 spiro atoms. The Hall–Kier alpha value is -1.61. The molecule has 1 aliphatic heterocycles. The Morgan fingerprint density at radius 2 is 2.12 bits per heavy atom. The number of halogens is 2. The molecule has 1 saturated heterocycles. The minimum absolute atomic E-state index is 0.0838. The van der Waals surface area contributed by atoms with E-state index in [0.717, 1.165) is 0 Å². The third-order valence-corrected chi connectivity index (χ3v) is 6.29. The fraction of sp³-hybridized carbons (Fsp3) is 0.250. The van der Waals surface area contributed by atoms with Crippen molar-refractivity contribution in [2.45, 2.75) is 12.5 Å². The lowest BCUT2D eigenvalue weighted by Crippen LogP contribution is -2.40. The molecule has 2 N–H and O–H groups in total. The Bertz CT molecular complexity index is 957. The van der Waals surface area contributed by atoms with E-state index in [1.807, 2.05) is 0 Å². The average Bonchev–Trinajstić information content (AvgIpc) is 3.16. The molecule has 0 bridgehead atoms. The number of hydrogen-bond donors (Lipinski definition) is 2. The van der Waals surface area contributed by atoms with Crippen molar-refractivity contribution in [2.75, 3.05) is 11.5 Å². The van der Waals surface area contributed by atoms with Crippen molar-refractivity contribution < 1.29 is 12.8 Å². The van der Waals surface area contributed by atoms with Gasteiger partial charge < -0.3 is 9.73 Å². The SMILES string of the molecule is O=S1(=O)CC[C@@H](NC(=S)N/N=C\c2ccc(-c3cc(Cl)ccc3Cl)o2)C1. The van der Waals surface area contributed by atoms with Crippen LogP contribution in [0.2, 0.25) is 10.0 Å². The van der Waals surface area contributed by atoms with Gasteiger partial charge >= 0.3 is 0 Å². The first-order chi connectivity index (χ1) is 12.3. The summed E-state index contributed by atoms with van der Waals surface area (Å²) < 4.78 is 28.5. The lowest BCUT2D eigenvalue weighted by molar-refractivity contribution is 0.574. The van der Waals surface area contributed by atoms with Gasteiger partial charge in [0, 0.05) is 16.6 Å². The molecule has 10 heteroatoms. The fourth-order valence-electron chi connectivity index (χ4n) is 2.53. The molecule has 0 aliphatic carbocycles. The minimum atomic E-state index is -2.96. The Morgan fingerprint density at radius 1 is 1.31 bits per heavy atom. The molecule has 3 rings (SSSR count). The molecular formula is C16H15Cl2N3O3S2. The molecule has 0 amide bonds. The monoisotopic (exact) mass is 431 g/mol. The van der Waals surface area contributed by atoms with Crippen LogP contribution in [0.4, 0.5) is 0 Å². The van der Waals surface area contributed by atoms with Crippen molar-refractivity contribution in [1.82, 2.24) is 10.7 Å². The van der Waals surface area contributed by atoms with Crippen molar-refractivity contribution in [3.05, 3.63) is 46.1 Å². The van der Waals surface area contributed by atoms with E-state index in [1.165, 1.54) is 6.21 Å². The van der Waals surface area contributed by atoms with E-state index in [2.05, 4.69) is 15.8 Å². The average molecular weight is 432 g/mol. The standard InChI is InChI=1S/C16H15Cl2N3O3S2/c17-10-1-3-14(18)13(7-10)15-4-2-12(24-15)8-19-21-16(25)20-11-5-6-26(22,23)9-11/h1-4,7-8,11H,5-6,9H2,(H2,20,21,25)/b19-8-/t11-/m1/s1. The summed E-state index contributed by atoms with van der Waals surface area (Å²) >= 11 is 17.2. The second-order valence-corrected chi connectivity index (χ2v) is 9.25. The normalized spacial score (nSPS) is 18.9. The zero-order valence-corrected chi connectivity index (χ0v) is 16.6. The van der Waals surface area contributed by atoms with Crippen LogP contribution in [-0.2, 0) is 9.84 Å². The van der Waals surface area contributed by atoms with Crippen LogP contribution in [0.5, 0.6) is 0 Å². The van der Waals surface area contributed by atoms with Gasteiger partial charge in [-0.15, -0.1) is 0 Å². The van der Waals surface area contributed by atoms with Crippen LogP contribution in [0.1, 0.15) is 12.2 Å². The number of rotatable bonds is 4. The fourth-order valence-corrected chi connectivity index (χ4v) is 4.81. The van der Waals surface area contributed by atoms with Crippen molar-refractivity contribution in [2.24, 2.45) is 5.10 Å². The molecule has 1 aromatic heterocycles. The van der Waals surface area contributed by atoms with Crippen LogP contribution >= 0.6 is 35.4 Å². The second kappa shape index (κ2) is 7.96. The molecule has 2 aromatic rings. The number of hydrazone groups is 1. The molecule has 1 aromatic carbocycles. The molecular weight excluding hydrogens is 417 g/mol. The topological polar surface area (TPSA) is 83.7 Å². The van der Waals surface area contributed by atoms with E-state index in [-0.39, 0.29) is 22.7 Å². The van der Waals surface area contributed by atoms with Gasteiger partial charge in [0.05, 0.1) is 22.7 Å². The van der Waals surface area contributed by atoms with Gasteiger partial charge in [0.25, 0.3) is 0 Å². The number of nitrogens with one attached hydrogen (secondary N) is 2. The largest absolute Gasteiger partial charge is 0.455 e. The van der Waals surface area contributed by atoms with Crippen molar-refractivity contribution in [3.63, 3.8) is 0 Å². The lowest BCUT2D eigenvalue weighted by Gasteiger charge is -2.11. The van der Waals surface area contributed by atoms with Gasteiger partial charge in [0.15, 0.2) is 14.9 Å². The Balaban J connectivity index is 1.57. The molecule has 1 atom stereocenters. The first-order valence-corrected chi connectivity index (χ1v) is 10.7. The maximum atomic E-state index is 11.4. The molecule has 0 radical (unpaired) electrons. The van der Waals surface area contributed by atoms with Gasteiger partial charge in [-0.2, -0.15) is 5.10 Å². The van der Waals surface area contributed by atoms with Crippen LogP contribution in [-0.4, -0.2) is 37.3 Å². The minimum Gasteiger partial charge on any atom is -0.455 e. The van der Waals surface area contributed by atoms with Crippen molar-refractivity contribution in [1.29, 1.82) is 0 Å². The highest BCUT2D eigenvalue weighted by molar-refractivity contribution is 7.91. The Labute approximate surface area is 166 Å². The zero-order chi connectivity index (χ0) is 18.7. The Kier molecular flexibility index (Phi) is 5.86. The highest BCUT2D eigenvalue weighted by Gasteiger charge is 2.28. The van der Waals surface area contributed by atoms with E-state index in [1.54, 1.807) is 30.3 Å². The predicted molar refractivity (Wildman–Crippen MR) is 108 cm³/mol. The number of nitrogens with zero attached hydrogens (tertiary/aromatic N) is 1. The first kappa shape index (κ1) is 19.2. The van der Waals surface area contributed by atoms with Crippen LogP contribution in [0.3, 0.4) is 0 Å². The third kappa shape index (κ3) is 4.97. The summed E-state index contributed by atoms with van der Waals surface area (Å²) in [5.74, 6) is 1.32. The molecule has 6 nitrogen and oxygen atoms in total. The smallest absolute Gasteiger partial charge is 0.187 e. The molecule has 1 fully saturated rings. The van der Waals surface area contributed by atoms with Crippen LogP contribution in [0.25, 0.3) is 11.3 Å². The number of benzene rings is 1. The number of thiocarbonyl (C=S) groups is 1. The predicted octanol–water partition coefficient (Wildman–Crippen LogP) is 3.24. The summed E-state index contributed by atoms with van der Waals surface area (Å²) in [5, 5.41) is 8.26. The lowest BCUT2D eigenvalue weighted by atomic mass is 10.2. The summed E-state index contributed by atoms with van der Waals surface area (Å²) in [6.07, 6.45) is 2.00. The van der Waals surface area contributed by atoms with Crippen LogP contribution < -0.4 is 10.7 Å². The van der Waals surface area contributed by atoms with E-state index in [4.69, 9.17) is 39.8 Å². The third-order valence-electron chi connectivity index (χ3n) is 3.75. The van der Waals surface area contributed by atoms with E-state index < -0.39 is 9.84 Å². The second-order valence-electron chi connectivity index (χ2n) is 5.77. The van der Waals surface area contributed by atoms with Gasteiger partial charge in [0.2, 0.25) is 0 Å². The summed E-state index contributed by atoms with van der Waals surface area (Å²) in [4.78, 5) is 0. The molecule has 2 heterocycles. The van der Waals surface area contributed by atoms with Gasteiger partial charge in [-0.25, -0.2) is 8.42 Å². The number of sulfone groups is 1. The number of furan rings is 1. The summed E-state index contributed by atoms with van der Waals surface area (Å²) in [7, 11) is -2.96. The van der Waals surface area contributed by atoms with E-state index in [0.29, 0.717) is 33.6 Å². The van der Waals surface area contributed by atoms with E-state index >= 15 is 0 Å². The molecule has 0 unspecified atom stereocenters. The molecule has 0 saturated carbocycles. The summed E-state index contributed by atoms with van der Waals surface area (Å²) in [6.45, 7) is 0. The van der Waals surface area contributed by atoms with Crippen LogP contribution in [0, 0.1) is 0 Å². The van der Waals surface area contributed by atoms with E-state index in [9.17, 15) is 8.42 Å². The maximum Gasteiger partial charge on any atom is 0.187 e. The van der Waals surface area contributed by atoms with Gasteiger partial charge in [-0.3, -0.25) is 5.43 Å². The van der Waals surface area contributed by atoms with Gasteiger partial charge in [0.1, 0.15) is 11.5 Å². The van der Waals surface area contributed by atoms with Crippen molar-refractivity contribution in [3.8, 4) is 11.3 Å². The van der Waals surface area contributed by atoms with Crippen molar-refractivity contribution >= 4 is 56.6 Å². The quantitative estimate of drug-likeness (QED) is 0.439. The zero-order valence-electron chi connectivity index (χ0n) is 13.4. The molecule has 1 aliphatic rings. The summed E-state index contributed by atoms with van der Waals surface area (Å²) in [6, 6.07) is 8.43. The Morgan fingerprint density at radius 3 is 2.85 bits per heavy atom. The molecule has 138 valence electrons. The summed E-state index contributed by atoms with van der Waals surface area (Å²) in [5.41, 5.74) is 3.33. The molecule has 26 heavy (non-hydrogen) atoms. The number of hydrogen-bond acceptors (Lipinski definition) is 5. The maximum absolute atomic E-state index is 11.4.